The summed E-state index contributed by atoms with van der Waals surface area (Å²) in [5, 5.41) is 9.41. The highest BCUT2D eigenvalue weighted by Gasteiger charge is 2.20. The Balaban J connectivity index is 3.46. The lowest BCUT2D eigenvalue weighted by atomic mass is 9.86. The van der Waals surface area contributed by atoms with Crippen LogP contribution >= 0.6 is 23.4 Å². The fourth-order valence-electron chi connectivity index (χ4n) is 1.34. The van der Waals surface area contributed by atoms with Crippen LogP contribution in [0.15, 0.2) is 17.0 Å². The zero-order valence-electron chi connectivity index (χ0n) is 9.80. The van der Waals surface area contributed by atoms with Crippen LogP contribution in [0.3, 0.4) is 0 Å². The summed E-state index contributed by atoms with van der Waals surface area (Å²) in [5.74, 6) is -0.980. The molecule has 0 fully saturated rings. The molecular weight excluding hydrogens is 244 g/mol. The SMILES string of the molecule is CSc1cc(C(C)(C)C)cc(C(=O)O)c1Cl. The molecule has 1 rings (SSSR count). The summed E-state index contributed by atoms with van der Waals surface area (Å²) in [6, 6.07) is 3.61. The maximum Gasteiger partial charge on any atom is 0.337 e. The minimum atomic E-state index is -0.980. The van der Waals surface area contributed by atoms with Crippen LogP contribution in [0.5, 0.6) is 0 Å². The largest absolute Gasteiger partial charge is 0.478 e. The van der Waals surface area contributed by atoms with E-state index < -0.39 is 5.97 Å². The summed E-state index contributed by atoms with van der Waals surface area (Å²) >= 11 is 7.49. The van der Waals surface area contributed by atoms with E-state index in [1.165, 1.54) is 11.8 Å². The Bertz CT molecular complexity index is 422. The van der Waals surface area contributed by atoms with Crippen molar-refractivity contribution in [2.75, 3.05) is 6.26 Å². The number of rotatable bonds is 2. The van der Waals surface area contributed by atoms with Crippen LogP contribution in [0.25, 0.3) is 0 Å². The molecule has 0 amide bonds. The molecule has 88 valence electrons. The van der Waals surface area contributed by atoms with Crippen molar-refractivity contribution < 1.29 is 9.90 Å². The van der Waals surface area contributed by atoms with Crippen LogP contribution in [-0.2, 0) is 5.41 Å². The third kappa shape index (κ3) is 2.71. The Morgan fingerprint density at radius 1 is 1.38 bits per heavy atom. The van der Waals surface area contributed by atoms with E-state index in [1.807, 2.05) is 33.1 Å². The highest BCUT2D eigenvalue weighted by molar-refractivity contribution is 7.98. The van der Waals surface area contributed by atoms with E-state index >= 15 is 0 Å². The molecule has 0 saturated heterocycles. The van der Waals surface area contributed by atoms with Gasteiger partial charge in [0.2, 0.25) is 0 Å². The molecule has 0 aliphatic rings. The molecule has 0 aliphatic carbocycles. The molecule has 2 nitrogen and oxygen atoms in total. The van der Waals surface area contributed by atoms with Gasteiger partial charge in [-0.1, -0.05) is 32.4 Å². The topological polar surface area (TPSA) is 37.3 Å². The van der Waals surface area contributed by atoms with Crippen LogP contribution in [0.1, 0.15) is 36.7 Å². The molecule has 0 aliphatic heterocycles. The number of thioether (sulfide) groups is 1. The van der Waals surface area contributed by atoms with Crippen molar-refractivity contribution in [2.45, 2.75) is 31.1 Å². The average molecular weight is 259 g/mol. The second-order valence-corrected chi connectivity index (χ2v) is 5.82. The number of halogens is 1. The second-order valence-electron chi connectivity index (χ2n) is 4.60. The molecular formula is C12H15ClO2S. The fraction of sp³-hybridized carbons (Fsp3) is 0.417. The zero-order chi connectivity index (χ0) is 12.5. The van der Waals surface area contributed by atoms with Gasteiger partial charge in [0.15, 0.2) is 0 Å². The van der Waals surface area contributed by atoms with E-state index in [0.717, 1.165) is 10.5 Å². The number of benzene rings is 1. The number of hydrogen-bond donors (Lipinski definition) is 1. The maximum absolute atomic E-state index is 11.1. The first kappa shape index (κ1) is 13.4. The standard InChI is InChI=1S/C12H15ClO2S/c1-12(2,3)7-5-8(11(14)15)10(13)9(6-7)16-4/h5-6H,1-4H3,(H,14,15). The second kappa shape index (κ2) is 4.68. The van der Waals surface area contributed by atoms with E-state index in [9.17, 15) is 4.79 Å². The molecule has 1 aromatic rings. The highest BCUT2D eigenvalue weighted by atomic mass is 35.5. The van der Waals surface area contributed by atoms with E-state index in [0.29, 0.717) is 5.02 Å². The van der Waals surface area contributed by atoms with Crippen molar-refractivity contribution in [2.24, 2.45) is 0 Å². The first-order chi connectivity index (χ1) is 7.27. The molecule has 1 N–H and O–H groups in total. The van der Waals surface area contributed by atoms with Crippen molar-refractivity contribution >= 4 is 29.3 Å². The molecule has 0 saturated carbocycles. The summed E-state index contributed by atoms with van der Waals surface area (Å²) < 4.78 is 0. The maximum atomic E-state index is 11.1. The number of carboxylic acid groups (broad SMARTS) is 1. The van der Waals surface area contributed by atoms with Gasteiger partial charge in [-0.25, -0.2) is 4.79 Å². The summed E-state index contributed by atoms with van der Waals surface area (Å²) in [6.45, 7) is 6.14. The van der Waals surface area contributed by atoms with Gasteiger partial charge < -0.3 is 5.11 Å². The Morgan fingerprint density at radius 3 is 2.31 bits per heavy atom. The van der Waals surface area contributed by atoms with Crippen molar-refractivity contribution in [3.63, 3.8) is 0 Å². The van der Waals surface area contributed by atoms with Gasteiger partial charge in [0.1, 0.15) is 0 Å². The third-order valence-electron chi connectivity index (χ3n) is 2.36. The molecule has 1 aromatic carbocycles. The van der Waals surface area contributed by atoms with Crippen molar-refractivity contribution in [3.05, 3.63) is 28.3 Å². The summed E-state index contributed by atoms with van der Waals surface area (Å²) in [5.41, 5.74) is 1.08. The predicted molar refractivity (Wildman–Crippen MR) is 68.9 cm³/mol. The third-order valence-corrected chi connectivity index (χ3v) is 3.64. The average Bonchev–Trinajstić information content (AvgIpc) is 2.15. The number of hydrogen-bond acceptors (Lipinski definition) is 2. The lowest BCUT2D eigenvalue weighted by Crippen LogP contribution is -2.13. The summed E-state index contributed by atoms with van der Waals surface area (Å²) in [7, 11) is 0. The van der Waals surface area contributed by atoms with Crippen molar-refractivity contribution in [3.8, 4) is 0 Å². The number of carboxylic acids is 1. The van der Waals surface area contributed by atoms with Crippen molar-refractivity contribution in [1.29, 1.82) is 0 Å². The first-order valence-electron chi connectivity index (χ1n) is 4.88. The molecule has 4 heteroatoms. The van der Waals surface area contributed by atoms with E-state index in [-0.39, 0.29) is 11.0 Å². The molecule has 0 unspecified atom stereocenters. The van der Waals surface area contributed by atoms with E-state index in [2.05, 4.69) is 0 Å². The van der Waals surface area contributed by atoms with Gasteiger partial charge in [0, 0.05) is 4.90 Å². The van der Waals surface area contributed by atoms with E-state index in [1.54, 1.807) is 6.07 Å². The van der Waals surface area contributed by atoms with Gasteiger partial charge in [-0.15, -0.1) is 11.8 Å². The molecule has 0 aromatic heterocycles. The van der Waals surface area contributed by atoms with Crippen LogP contribution in [0.2, 0.25) is 5.02 Å². The van der Waals surface area contributed by atoms with Gasteiger partial charge in [-0.2, -0.15) is 0 Å². The van der Waals surface area contributed by atoms with Gasteiger partial charge in [-0.05, 0) is 29.4 Å². The normalized spacial score (nSPS) is 11.6. The van der Waals surface area contributed by atoms with Crippen LogP contribution in [0, 0.1) is 0 Å². The molecule has 0 heterocycles. The summed E-state index contributed by atoms with van der Waals surface area (Å²) in [4.78, 5) is 11.9. The van der Waals surface area contributed by atoms with E-state index in [4.69, 9.17) is 16.7 Å². The monoisotopic (exact) mass is 258 g/mol. The first-order valence-corrected chi connectivity index (χ1v) is 6.49. The minimum Gasteiger partial charge on any atom is -0.478 e. The summed E-state index contributed by atoms with van der Waals surface area (Å²) in [6.07, 6.45) is 1.89. The molecule has 0 atom stereocenters. The Morgan fingerprint density at radius 2 is 1.94 bits per heavy atom. The minimum absolute atomic E-state index is 0.0841. The molecule has 0 spiro atoms. The Kier molecular flexibility index (Phi) is 3.92. The van der Waals surface area contributed by atoms with Gasteiger partial charge in [-0.3, -0.25) is 0 Å². The molecule has 0 radical (unpaired) electrons. The number of aromatic carboxylic acids is 1. The highest BCUT2D eigenvalue weighted by Crippen LogP contribution is 2.34. The number of carbonyl (C=O) groups is 1. The van der Waals surface area contributed by atoms with Crippen LogP contribution in [-0.4, -0.2) is 17.3 Å². The zero-order valence-corrected chi connectivity index (χ0v) is 11.4. The molecule has 16 heavy (non-hydrogen) atoms. The Hall–Kier alpha value is -0.670. The quantitative estimate of drug-likeness (QED) is 0.813. The smallest absolute Gasteiger partial charge is 0.337 e. The molecule has 0 bridgehead atoms. The Labute approximate surface area is 105 Å². The fourth-order valence-corrected chi connectivity index (χ4v) is 2.29. The predicted octanol–water partition coefficient (Wildman–Crippen LogP) is 4.06. The lowest BCUT2D eigenvalue weighted by Gasteiger charge is -2.21. The van der Waals surface area contributed by atoms with Gasteiger partial charge >= 0.3 is 5.97 Å². The van der Waals surface area contributed by atoms with Crippen molar-refractivity contribution in [1.82, 2.24) is 0 Å². The van der Waals surface area contributed by atoms with Crippen LogP contribution < -0.4 is 0 Å². The van der Waals surface area contributed by atoms with Gasteiger partial charge in [0.05, 0.1) is 10.6 Å². The lowest BCUT2D eigenvalue weighted by molar-refractivity contribution is 0.0696. The van der Waals surface area contributed by atoms with Crippen LogP contribution in [0.4, 0.5) is 0 Å². The van der Waals surface area contributed by atoms with Gasteiger partial charge in [0.25, 0.3) is 0 Å².